The van der Waals surface area contributed by atoms with Gasteiger partial charge in [-0.25, -0.2) is 0 Å². The summed E-state index contributed by atoms with van der Waals surface area (Å²) in [6.45, 7) is 44.4. The van der Waals surface area contributed by atoms with Crippen LogP contribution in [0.5, 0.6) is 11.5 Å². The molecule has 0 saturated carbocycles. The predicted molar refractivity (Wildman–Crippen MR) is 382 cm³/mol. The van der Waals surface area contributed by atoms with Crippen LogP contribution in [0.25, 0.3) is 43.4 Å². The number of thioether (sulfide) groups is 2. The van der Waals surface area contributed by atoms with Gasteiger partial charge in [0.15, 0.2) is 0 Å². The van der Waals surface area contributed by atoms with E-state index in [0.717, 1.165) is 23.0 Å². The van der Waals surface area contributed by atoms with Gasteiger partial charge >= 0.3 is 0 Å². The first kappa shape index (κ1) is 74.1. The fourth-order valence-electron chi connectivity index (χ4n) is 13.3. The van der Waals surface area contributed by atoms with Gasteiger partial charge in [-0.05, 0) is 76.2 Å². The van der Waals surface area contributed by atoms with Crippen molar-refractivity contribution >= 4 is 72.0 Å². The van der Waals surface area contributed by atoms with Crippen LogP contribution in [0.3, 0.4) is 0 Å². The third-order valence-electron chi connectivity index (χ3n) is 18.2. The van der Waals surface area contributed by atoms with Gasteiger partial charge < -0.3 is 22.6 Å². The van der Waals surface area contributed by atoms with Gasteiger partial charge in [-0.2, -0.15) is 12.1 Å². The molecule has 14 rings (SSSR count). The molecule has 9 heteroatoms. The fraction of sp³-hybridized carbons (Fsp3) is 0.350. The van der Waals surface area contributed by atoms with E-state index in [1.54, 1.807) is 42.1 Å². The molecule has 0 radical (unpaired) electrons. The largest absolute Gasteiger partial charge is 1.00 e. The minimum absolute atomic E-state index is 0. The standard InChI is InChI=1S/C16H13.2C14H22O.C14H11.2C11H14SSi.ClH.2Zr/c1-12-10-14-8-5-9-15(16(14)11-12)13-6-3-2-4-7-13;2*1-13(2,3)10-7-8-12(15)11(9-10)14(4,5)6;1-10-8-12-7-6-11-4-2-3-5-13(11)14(12)9-10;2*1-4-7-11-10-8(12-7)5-6-9(10)13(11,2)3;;;/h2-11H,1H3;2*7-9,15H,1-6H3;2-9H,1H3;2*5-6,10H,4H2,1-3H3;1H;;/q-1;;;-1;;;;;/p-3. The summed E-state index contributed by atoms with van der Waals surface area (Å²) in [7, 11) is -2.17. The molecule has 4 aliphatic heterocycles. The van der Waals surface area contributed by atoms with E-state index in [1.807, 2.05) is 22.5 Å². The maximum absolute atomic E-state index is 11.7. The van der Waals surface area contributed by atoms with Crippen LogP contribution in [0.1, 0.15) is 143 Å². The van der Waals surface area contributed by atoms with Gasteiger partial charge in [0.25, 0.3) is 0 Å². The van der Waals surface area contributed by atoms with Crippen LogP contribution in [-0.2, 0) is 74.1 Å². The number of benzene rings is 6. The van der Waals surface area contributed by atoms with Crippen LogP contribution in [0.15, 0.2) is 210 Å². The molecule has 2 nitrogen and oxygen atoms in total. The molecule has 2 saturated heterocycles. The van der Waals surface area contributed by atoms with E-state index in [-0.39, 0.29) is 98.0 Å². The molecule has 2 fully saturated rings. The molecule has 8 aromatic carbocycles. The average Bonchev–Trinajstić information content (AvgIpc) is 1.56. The Balaban J connectivity index is 0.000000169. The van der Waals surface area contributed by atoms with Crippen LogP contribution in [0.4, 0.5) is 0 Å². The number of hydrogen-bond acceptors (Lipinski definition) is 4. The summed E-state index contributed by atoms with van der Waals surface area (Å²) < 4.78 is 0. The Morgan fingerprint density at radius 2 is 0.876 bits per heavy atom. The Labute approximate surface area is 590 Å². The number of halogens is 1. The van der Waals surface area contributed by atoms with Crippen LogP contribution >= 0.6 is 23.5 Å². The summed E-state index contributed by atoms with van der Waals surface area (Å²) in [6, 6.07) is 50.4. The smallest absolute Gasteiger partial charge is 0.106 e. The molecule has 6 aliphatic rings. The molecule has 466 valence electrons. The predicted octanol–water partition coefficient (Wildman–Crippen LogP) is 19.5. The first-order chi connectivity index (χ1) is 40.2. The summed E-state index contributed by atoms with van der Waals surface area (Å²) >= 11 is 4.11. The van der Waals surface area contributed by atoms with Gasteiger partial charge in [-0.15, -0.1) is 74.5 Å². The zero-order valence-electron chi connectivity index (χ0n) is 56.7. The van der Waals surface area contributed by atoms with Gasteiger partial charge in [0.1, 0.15) is 16.1 Å². The van der Waals surface area contributed by atoms with Crippen LogP contribution in [0, 0.1) is 25.7 Å². The van der Waals surface area contributed by atoms with Crippen LogP contribution in [-0.4, -0.2) is 16.1 Å². The Morgan fingerprint density at radius 3 is 1.31 bits per heavy atom. The van der Waals surface area contributed by atoms with Gasteiger partial charge in [-0.3, -0.25) is 0 Å². The zero-order chi connectivity index (χ0) is 62.6. The molecule has 0 spiro atoms. The molecule has 2 unspecified atom stereocenters. The molecule has 89 heavy (non-hydrogen) atoms. The average molecular weight is 1430 g/mol. The zero-order valence-corrected chi connectivity index (χ0v) is 66.1. The van der Waals surface area contributed by atoms with E-state index in [2.05, 4.69) is 306 Å². The number of rotatable bonds is 3. The minimum atomic E-state index is -1.08. The monoisotopic (exact) mass is 1420 g/mol. The molecule has 4 heterocycles. The van der Waals surface area contributed by atoms with Crippen molar-refractivity contribution in [3.8, 4) is 22.6 Å². The maximum Gasteiger partial charge on any atom is 0.106 e. The van der Waals surface area contributed by atoms with Crippen molar-refractivity contribution in [1.29, 1.82) is 0 Å². The first-order valence-electron chi connectivity index (χ1n) is 31.3. The van der Waals surface area contributed by atoms with E-state index in [1.165, 1.54) is 78.5 Å². The van der Waals surface area contributed by atoms with Crippen LogP contribution < -0.4 is 22.6 Å². The number of fused-ring (bicyclic) bond motifs is 4. The SMILES string of the molecule is CC(C)(C)c1ccc([O-])c(C(C)(C)C)c1.CC(C)(C)c1ccc([O-])c(C(C)(C)C)c1.CCC1=C2C3C(=CC=C3[Si]2(C)C)S1.CCC1=C2C3C(=CC=C3[Si]2(C)C)S1.Cc1cc2c(-c3ccccc3)cccc2[cH-]1.Cc1cc2c(ccc3ccccc32)[cH-]1.[Cl-].[Zr].[Zr]. The van der Waals surface area contributed by atoms with E-state index in [9.17, 15) is 10.2 Å². The molecule has 0 amide bonds. The molecular weight excluding hydrogens is 1330 g/mol. The second kappa shape index (κ2) is 28.7. The molecule has 0 bridgehead atoms. The van der Waals surface area contributed by atoms with Gasteiger partial charge in [-0.1, -0.05) is 331 Å². The molecule has 2 atom stereocenters. The summed E-state index contributed by atoms with van der Waals surface area (Å²) in [5.74, 6) is 1.88. The fourth-order valence-corrected chi connectivity index (χ4v) is 24.9. The first-order valence-corrected chi connectivity index (χ1v) is 39.0. The van der Waals surface area contributed by atoms with Crippen molar-refractivity contribution in [2.75, 3.05) is 0 Å². The minimum Gasteiger partial charge on any atom is -1.00 e. The molecule has 0 N–H and O–H groups in total. The topological polar surface area (TPSA) is 46.1 Å². The summed E-state index contributed by atoms with van der Waals surface area (Å²) in [4.78, 5) is 6.64. The van der Waals surface area contributed by atoms with Crippen LogP contribution in [0.2, 0.25) is 26.2 Å². The molecule has 0 aromatic heterocycles. The number of aryl methyl sites for hydroxylation is 2. The Morgan fingerprint density at radius 1 is 0.449 bits per heavy atom. The summed E-state index contributed by atoms with van der Waals surface area (Å²) in [5.41, 5.74) is 9.64. The van der Waals surface area contributed by atoms with Gasteiger partial charge in [0.05, 0.1) is 0 Å². The third-order valence-corrected chi connectivity index (χ3v) is 28.9. The van der Waals surface area contributed by atoms with E-state index >= 15 is 0 Å². The van der Waals surface area contributed by atoms with E-state index in [0.29, 0.717) is 0 Å². The normalized spacial score (nSPS) is 17.6. The summed E-state index contributed by atoms with van der Waals surface area (Å²) in [6.07, 6.45) is 12.0. The maximum atomic E-state index is 11.7. The Bertz CT molecular complexity index is 3910. The van der Waals surface area contributed by atoms with Crippen molar-refractivity contribution < 1.29 is 75.0 Å². The Kier molecular flexibility index (Phi) is 23.9. The third kappa shape index (κ3) is 15.7. The quantitative estimate of drug-likeness (QED) is 0.131. The second-order valence-electron chi connectivity index (χ2n) is 29.5. The second-order valence-corrected chi connectivity index (χ2v) is 40.6. The Hall–Kier alpha value is -3.97. The summed E-state index contributed by atoms with van der Waals surface area (Å²) in [5, 5.41) is 38.9. The van der Waals surface area contributed by atoms with Crippen molar-refractivity contribution in [3.05, 3.63) is 244 Å². The van der Waals surface area contributed by atoms with E-state index in [4.69, 9.17) is 0 Å². The number of hydrogen-bond donors (Lipinski definition) is 0. The van der Waals surface area contributed by atoms with E-state index < -0.39 is 16.1 Å². The molecule has 2 aliphatic carbocycles. The van der Waals surface area contributed by atoms with Gasteiger partial charge in [0.2, 0.25) is 0 Å². The van der Waals surface area contributed by atoms with Crippen molar-refractivity contribution in [3.63, 3.8) is 0 Å². The molecular formula is C80H94ClO2S2Si2Zr2-5. The van der Waals surface area contributed by atoms with Crippen molar-refractivity contribution in [2.45, 2.75) is 171 Å². The number of allylic oxidation sites excluding steroid dienone is 12. The van der Waals surface area contributed by atoms with Crippen molar-refractivity contribution in [2.24, 2.45) is 11.8 Å². The molecule has 8 aromatic rings. The van der Waals surface area contributed by atoms with Crippen molar-refractivity contribution in [1.82, 2.24) is 0 Å². The van der Waals surface area contributed by atoms with Gasteiger partial charge in [0, 0.05) is 64.2 Å².